The number of benzene rings is 1. The fourth-order valence-electron chi connectivity index (χ4n) is 1.27. The first-order valence-electron chi connectivity index (χ1n) is 4.48. The predicted octanol–water partition coefficient (Wildman–Crippen LogP) is 1.65. The van der Waals surface area contributed by atoms with Crippen molar-refractivity contribution in [2.75, 3.05) is 7.05 Å². The minimum Gasteiger partial charge on any atom is -0.317 e. The molecular formula is C11H15NO. The molecule has 0 saturated carbocycles. The van der Waals surface area contributed by atoms with Crippen molar-refractivity contribution in [1.29, 1.82) is 0 Å². The van der Waals surface area contributed by atoms with Gasteiger partial charge >= 0.3 is 0 Å². The van der Waals surface area contributed by atoms with Gasteiger partial charge in [-0.05, 0) is 26.0 Å². The Morgan fingerprint density at radius 1 is 1.46 bits per heavy atom. The molecule has 0 fully saturated rings. The van der Waals surface area contributed by atoms with Crippen molar-refractivity contribution < 1.29 is 4.79 Å². The zero-order valence-corrected chi connectivity index (χ0v) is 8.08. The molecule has 0 aromatic heterocycles. The molecule has 2 heteroatoms. The average Bonchev–Trinajstić information content (AvgIpc) is 2.18. The van der Waals surface area contributed by atoms with E-state index in [1.807, 2.05) is 31.3 Å². The molecule has 0 spiro atoms. The number of nitrogens with one attached hydrogen (secondary N) is 1. The molecule has 0 aliphatic heterocycles. The number of rotatable bonds is 4. The van der Waals surface area contributed by atoms with Gasteiger partial charge in [-0.2, -0.15) is 0 Å². The molecule has 70 valence electrons. The number of hydrogen-bond acceptors (Lipinski definition) is 2. The quantitative estimate of drug-likeness (QED) is 0.708. The van der Waals surface area contributed by atoms with E-state index in [1.165, 1.54) is 0 Å². The highest BCUT2D eigenvalue weighted by Crippen LogP contribution is 2.08. The lowest BCUT2D eigenvalue weighted by molar-refractivity contribution is 0.112. The SMILES string of the molecule is CNC(C)Cc1ccccc1C=O. The molecule has 13 heavy (non-hydrogen) atoms. The van der Waals surface area contributed by atoms with Crippen LogP contribution in [0.25, 0.3) is 0 Å². The lowest BCUT2D eigenvalue weighted by atomic mass is 10.0. The van der Waals surface area contributed by atoms with E-state index >= 15 is 0 Å². The second kappa shape index (κ2) is 4.77. The van der Waals surface area contributed by atoms with Crippen molar-refractivity contribution in [3.05, 3.63) is 35.4 Å². The largest absolute Gasteiger partial charge is 0.317 e. The summed E-state index contributed by atoms with van der Waals surface area (Å²) in [5.74, 6) is 0. The van der Waals surface area contributed by atoms with Crippen LogP contribution in [-0.4, -0.2) is 19.4 Å². The highest BCUT2D eigenvalue weighted by molar-refractivity contribution is 5.77. The van der Waals surface area contributed by atoms with Gasteiger partial charge in [-0.3, -0.25) is 4.79 Å². The van der Waals surface area contributed by atoms with Gasteiger partial charge in [-0.25, -0.2) is 0 Å². The Bertz CT molecular complexity index is 283. The van der Waals surface area contributed by atoms with Crippen molar-refractivity contribution in [2.24, 2.45) is 0 Å². The molecule has 1 N–H and O–H groups in total. The van der Waals surface area contributed by atoms with Gasteiger partial charge in [-0.1, -0.05) is 24.3 Å². The van der Waals surface area contributed by atoms with Crippen LogP contribution in [0, 0.1) is 0 Å². The topological polar surface area (TPSA) is 29.1 Å². The lowest BCUT2D eigenvalue weighted by Gasteiger charge is -2.11. The third kappa shape index (κ3) is 2.67. The lowest BCUT2D eigenvalue weighted by Crippen LogP contribution is -2.24. The minimum absolute atomic E-state index is 0.404. The molecule has 1 rings (SSSR count). The van der Waals surface area contributed by atoms with Crippen LogP contribution in [0.1, 0.15) is 22.8 Å². The number of hydrogen-bond donors (Lipinski definition) is 1. The molecule has 0 bridgehead atoms. The maximum atomic E-state index is 10.7. The summed E-state index contributed by atoms with van der Waals surface area (Å²) in [5, 5.41) is 3.15. The van der Waals surface area contributed by atoms with Crippen LogP contribution in [0.4, 0.5) is 0 Å². The van der Waals surface area contributed by atoms with E-state index in [2.05, 4.69) is 12.2 Å². The average molecular weight is 177 g/mol. The molecule has 0 heterocycles. The summed E-state index contributed by atoms with van der Waals surface area (Å²) in [4.78, 5) is 10.7. The zero-order valence-electron chi connectivity index (χ0n) is 8.08. The van der Waals surface area contributed by atoms with Gasteiger partial charge in [0, 0.05) is 11.6 Å². The van der Waals surface area contributed by atoms with Gasteiger partial charge in [0.1, 0.15) is 6.29 Å². The van der Waals surface area contributed by atoms with Gasteiger partial charge < -0.3 is 5.32 Å². The van der Waals surface area contributed by atoms with E-state index in [1.54, 1.807) is 0 Å². The molecule has 0 aliphatic rings. The van der Waals surface area contributed by atoms with Gasteiger partial charge in [0.25, 0.3) is 0 Å². The predicted molar refractivity (Wildman–Crippen MR) is 54.1 cm³/mol. The highest BCUT2D eigenvalue weighted by Gasteiger charge is 2.04. The fourth-order valence-corrected chi connectivity index (χ4v) is 1.27. The third-order valence-electron chi connectivity index (χ3n) is 2.20. The molecule has 1 aromatic carbocycles. The highest BCUT2D eigenvalue weighted by atomic mass is 16.1. The maximum absolute atomic E-state index is 10.7. The Morgan fingerprint density at radius 3 is 2.77 bits per heavy atom. The van der Waals surface area contributed by atoms with Crippen molar-refractivity contribution in [3.8, 4) is 0 Å². The summed E-state index contributed by atoms with van der Waals surface area (Å²) >= 11 is 0. The molecule has 0 aliphatic carbocycles. The summed E-state index contributed by atoms with van der Waals surface area (Å²) in [5.41, 5.74) is 1.91. The van der Waals surface area contributed by atoms with Crippen LogP contribution in [0.3, 0.4) is 0 Å². The van der Waals surface area contributed by atoms with Crippen molar-refractivity contribution in [1.82, 2.24) is 5.32 Å². The normalized spacial score (nSPS) is 12.5. The van der Waals surface area contributed by atoms with Gasteiger partial charge in [0.05, 0.1) is 0 Å². The molecule has 0 radical (unpaired) electrons. The van der Waals surface area contributed by atoms with E-state index in [-0.39, 0.29) is 0 Å². The van der Waals surface area contributed by atoms with E-state index in [9.17, 15) is 4.79 Å². The Hall–Kier alpha value is -1.15. The molecular weight excluding hydrogens is 162 g/mol. The Morgan fingerprint density at radius 2 is 2.15 bits per heavy atom. The minimum atomic E-state index is 0.404. The third-order valence-corrected chi connectivity index (χ3v) is 2.20. The summed E-state index contributed by atoms with van der Waals surface area (Å²) < 4.78 is 0. The number of aldehydes is 1. The molecule has 1 atom stereocenters. The Labute approximate surface area is 79.0 Å². The number of carbonyl (C=O) groups excluding carboxylic acids is 1. The van der Waals surface area contributed by atoms with Gasteiger partial charge in [0.2, 0.25) is 0 Å². The number of likely N-dealkylation sites (N-methyl/N-ethyl adjacent to an activating group) is 1. The van der Waals surface area contributed by atoms with Crippen LogP contribution in [0.5, 0.6) is 0 Å². The second-order valence-corrected chi connectivity index (χ2v) is 3.21. The first-order chi connectivity index (χ1) is 6.27. The van der Waals surface area contributed by atoms with Crippen molar-refractivity contribution in [2.45, 2.75) is 19.4 Å². The summed E-state index contributed by atoms with van der Waals surface area (Å²) in [6.45, 7) is 2.10. The van der Waals surface area contributed by atoms with Crippen LogP contribution >= 0.6 is 0 Å². The standard InChI is InChI=1S/C11H15NO/c1-9(12-2)7-10-5-3-4-6-11(10)8-13/h3-6,8-9,12H,7H2,1-2H3. The molecule has 1 unspecified atom stereocenters. The van der Waals surface area contributed by atoms with Crippen LogP contribution in [0.15, 0.2) is 24.3 Å². The second-order valence-electron chi connectivity index (χ2n) is 3.21. The van der Waals surface area contributed by atoms with Gasteiger partial charge in [0.15, 0.2) is 0 Å². The summed E-state index contributed by atoms with van der Waals surface area (Å²) in [6, 6.07) is 8.10. The molecule has 1 aromatic rings. The van der Waals surface area contributed by atoms with E-state index in [4.69, 9.17) is 0 Å². The smallest absolute Gasteiger partial charge is 0.150 e. The van der Waals surface area contributed by atoms with Crippen LogP contribution in [-0.2, 0) is 6.42 Å². The van der Waals surface area contributed by atoms with E-state index < -0.39 is 0 Å². The maximum Gasteiger partial charge on any atom is 0.150 e. The first-order valence-corrected chi connectivity index (χ1v) is 4.48. The Kier molecular flexibility index (Phi) is 3.65. The summed E-state index contributed by atoms with van der Waals surface area (Å²) in [7, 11) is 1.92. The Balaban J connectivity index is 2.80. The van der Waals surface area contributed by atoms with Crippen molar-refractivity contribution in [3.63, 3.8) is 0 Å². The molecule has 2 nitrogen and oxygen atoms in total. The van der Waals surface area contributed by atoms with Gasteiger partial charge in [-0.15, -0.1) is 0 Å². The summed E-state index contributed by atoms with van der Waals surface area (Å²) in [6.07, 6.45) is 1.81. The monoisotopic (exact) mass is 177 g/mol. The molecule has 0 amide bonds. The number of carbonyl (C=O) groups is 1. The molecule has 0 saturated heterocycles. The van der Waals surface area contributed by atoms with E-state index in [0.29, 0.717) is 6.04 Å². The van der Waals surface area contributed by atoms with Crippen molar-refractivity contribution >= 4 is 6.29 Å². The van der Waals surface area contributed by atoms with Crippen LogP contribution < -0.4 is 5.32 Å². The van der Waals surface area contributed by atoms with E-state index in [0.717, 1.165) is 23.8 Å². The zero-order chi connectivity index (χ0) is 9.68. The first kappa shape index (κ1) is 9.93. The fraction of sp³-hybridized carbons (Fsp3) is 0.364. The van der Waals surface area contributed by atoms with Crippen LogP contribution in [0.2, 0.25) is 0 Å².